The van der Waals surface area contributed by atoms with Crippen LogP contribution in [0.15, 0.2) is 36.4 Å². The third-order valence-electron chi connectivity index (χ3n) is 4.13. The predicted molar refractivity (Wildman–Crippen MR) is 96.9 cm³/mol. The first-order valence-corrected chi connectivity index (χ1v) is 7.96. The Balaban J connectivity index is 2.56. The Morgan fingerprint density at radius 3 is 2.07 bits per heavy atom. The van der Waals surface area contributed by atoms with Crippen molar-refractivity contribution < 1.29 is 23.9 Å². The second-order valence-electron chi connectivity index (χ2n) is 5.56. The summed E-state index contributed by atoms with van der Waals surface area (Å²) in [4.78, 5) is 10.8. The summed E-state index contributed by atoms with van der Waals surface area (Å²) in [5.74, 6) is 0.365. The Morgan fingerprint density at radius 1 is 0.963 bits per heavy atom. The molecular weight excluding hydrogens is 352 g/mol. The summed E-state index contributed by atoms with van der Waals surface area (Å²) in [6, 6.07) is 11.8. The highest BCUT2D eigenvalue weighted by atomic mass is 16.7. The van der Waals surface area contributed by atoms with Crippen LogP contribution in [-0.2, 0) is 9.47 Å². The quantitative estimate of drug-likeness (QED) is 0.396. The van der Waals surface area contributed by atoms with Crippen LogP contribution in [-0.4, -0.2) is 33.4 Å². The lowest BCUT2D eigenvalue weighted by Crippen LogP contribution is -2.09. The molecule has 0 aliphatic heterocycles. The molecule has 27 heavy (non-hydrogen) atoms. The summed E-state index contributed by atoms with van der Waals surface area (Å²) >= 11 is 0. The van der Waals surface area contributed by atoms with E-state index in [0.717, 1.165) is 0 Å². The maximum absolute atomic E-state index is 11.3. The molecule has 0 spiro atoms. The lowest BCUT2D eigenvalue weighted by molar-refractivity contribution is -0.387. The first kappa shape index (κ1) is 20.2. The van der Waals surface area contributed by atoms with E-state index < -0.39 is 17.1 Å². The minimum Gasteiger partial charge on any atom is -0.493 e. The molecule has 142 valence electrons. The number of nitriles is 1. The van der Waals surface area contributed by atoms with Crippen LogP contribution >= 0.6 is 0 Å². The van der Waals surface area contributed by atoms with E-state index in [1.807, 2.05) is 0 Å². The molecule has 0 saturated heterocycles. The number of methoxy groups -OCH3 is 4. The molecule has 0 bridgehead atoms. The fourth-order valence-electron chi connectivity index (χ4n) is 2.83. The molecule has 0 aliphatic carbocycles. The SMILES string of the molecule is COc1ccc(C(C#N)c2ccc([N+](=O)[O-])c(C(OC)OC)c2)cc1OC. The van der Waals surface area contributed by atoms with Crippen LogP contribution in [0, 0.1) is 21.4 Å². The molecular formula is C19H20N2O6. The number of nitro groups is 1. The fraction of sp³-hybridized carbons (Fsp3) is 0.316. The molecule has 2 aromatic rings. The van der Waals surface area contributed by atoms with Crippen molar-refractivity contribution in [3.63, 3.8) is 0 Å². The van der Waals surface area contributed by atoms with Crippen LogP contribution in [0.4, 0.5) is 5.69 Å². The van der Waals surface area contributed by atoms with Gasteiger partial charge in [0.05, 0.1) is 36.7 Å². The first-order chi connectivity index (χ1) is 13.0. The second-order valence-corrected chi connectivity index (χ2v) is 5.56. The Morgan fingerprint density at radius 2 is 1.56 bits per heavy atom. The van der Waals surface area contributed by atoms with Crippen LogP contribution in [0.25, 0.3) is 0 Å². The topological polar surface area (TPSA) is 104 Å². The van der Waals surface area contributed by atoms with Crippen molar-refractivity contribution in [3.8, 4) is 17.6 Å². The minimum atomic E-state index is -0.921. The van der Waals surface area contributed by atoms with Gasteiger partial charge in [-0.25, -0.2) is 0 Å². The Bertz CT molecular complexity index is 858. The van der Waals surface area contributed by atoms with Gasteiger partial charge in [0.25, 0.3) is 5.69 Å². The van der Waals surface area contributed by atoms with Crippen LogP contribution in [0.1, 0.15) is 28.9 Å². The molecule has 0 amide bonds. The third-order valence-corrected chi connectivity index (χ3v) is 4.13. The zero-order valence-electron chi connectivity index (χ0n) is 15.5. The van der Waals surface area contributed by atoms with Crippen molar-refractivity contribution >= 4 is 5.69 Å². The Kier molecular flexibility index (Phi) is 6.71. The molecule has 0 fully saturated rings. The van der Waals surface area contributed by atoms with Crippen molar-refractivity contribution in [1.29, 1.82) is 5.26 Å². The lowest BCUT2D eigenvalue weighted by atomic mass is 9.90. The van der Waals surface area contributed by atoms with Gasteiger partial charge < -0.3 is 18.9 Å². The molecule has 0 N–H and O–H groups in total. The minimum absolute atomic E-state index is 0.142. The lowest BCUT2D eigenvalue weighted by Gasteiger charge is -2.17. The van der Waals surface area contributed by atoms with E-state index in [4.69, 9.17) is 18.9 Å². The summed E-state index contributed by atoms with van der Waals surface area (Å²) in [6.45, 7) is 0. The Hall–Kier alpha value is -3.15. The van der Waals surface area contributed by atoms with Gasteiger partial charge >= 0.3 is 0 Å². The summed E-state index contributed by atoms with van der Waals surface area (Å²) in [7, 11) is 5.81. The zero-order valence-corrected chi connectivity index (χ0v) is 15.5. The number of benzene rings is 2. The van der Waals surface area contributed by atoms with Crippen molar-refractivity contribution in [1.82, 2.24) is 0 Å². The van der Waals surface area contributed by atoms with Crippen molar-refractivity contribution in [2.75, 3.05) is 28.4 Å². The number of hydrogen-bond donors (Lipinski definition) is 0. The largest absolute Gasteiger partial charge is 0.493 e. The van der Waals surface area contributed by atoms with E-state index in [-0.39, 0.29) is 11.3 Å². The van der Waals surface area contributed by atoms with Crippen LogP contribution in [0.3, 0.4) is 0 Å². The fourth-order valence-corrected chi connectivity index (χ4v) is 2.83. The normalized spacial score (nSPS) is 11.7. The smallest absolute Gasteiger partial charge is 0.277 e. The van der Waals surface area contributed by atoms with E-state index in [9.17, 15) is 15.4 Å². The van der Waals surface area contributed by atoms with E-state index >= 15 is 0 Å². The van der Waals surface area contributed by atoms with Crippen molar-refractivity contribution in [2.24, 2.45) is 0 Å². The van der Waals surface area contributed by atoms with E-state index in [2.05, 4.69) is 6.07 Å². The van der Waals surface area contributed by atoms with E-state index in [0.29, 0.717) is 22.6 Å². The summed E-state index contributed by atoms with van der Waals surface area (Å²) in [5.41, 5.74) is 1.34. The van der Waals surface area contributed by atoms with Gasteiger partial charge in [-0.2, -0.15) is 5.26 Å². The van der Waals surface area contributed by atoms with Crippen LogP contribution < -0.4 is 9.47 Å². The number of nitro benzene ring substituents is 1. The molecule has 2 rings (SSSR count). The zero-order chi connectivity index (χ0) is 20.0. The maximum atomic E-state index is 11.3. The Labute approximate surface area is 157 Å². The van der Waals surface area contributed by atoms with Gasteiger partial charge in [-0.3, -0.25) is 10.1 Å². The highest BCUT2D eigenvalue weighted by Crippen LogP contribution is 2.36. The molecule has 2 aromatic carbocycles. The van der Waals surface area contributed by atoms with Gasteiger partial charge in [0.2, 0.25) is 0 Å². The average Bonchev–Trinajstić information content (AvgIpc) is 2.69. The number of hydrogen-bond acceptors (Lipinski definition) is 7. The van der Waals surface area contributed by atoms with Gasteiger partial charge in [-0.1, -0.05) is 12.1 Å². The van der Waals surface area contributed by atoms with E-state index in [1.54, 1.807) is 30.3 Å². The first-order valence-electron chi connectivity index (χ1n) is 7.96. The molecule has 0 aromatic heterocycles. The molecule has 0 saturated carbocycles. The van der Waals surface area contributed by atoms with Gasteiger partial charge in [0.1, 0.15) is 0 Å². The van der Waals surface area contributed by atoms with Gasteiger partial charge in [-0.05, 0) is 29.3 Å². The monoisotopic (exact) mass is 372 g/mol. The van der Waals surface area contributed by atoms with Crippen molar-refractivity contribution in [3.05, 3.63) is 63.2 Å². The van der Waals surface area contributed by atoms with Crippen molar-refractivity contribution in [2.45, 2.75) is 12.2 Å². The highest BCUT2D eigenvalue weighted by molar-refractivity contribution is 5.51. The van der Waals surface area contributed by atoms with Crippen LogP contribution in [0.2, 0.25) is 0 Å². The molecule has 0 heterocycles. The summed E-state index contributed by atoms with van der Waals surface area (Å²) in [6.07, 6.45) is -0.921. The van der Waals surface area contributed by atoms with Crippen LogP contribution in [0.5, 0.6) is 11.5 Å². The van der Waals surface area contributed by atoms with Gasteiger partial charge in [0.15, 0.2) is 17.8 Å². The van der Waals surface area contributed by atoms with Gasteiger partial charge in [-0.15, -0.1) is 0 Å². The van der Waals surface area contributed by atoms with E-state index in [1.165, 1.54) is 34.5 Å². The molecule has 8 heteroatoms. The predicted octanol–water partition coefficient (Wildman–Crippen LogP) is 3.56. The standard InChI is InChI=1S/C19H20N2O6/c1-24-17-8-6-13(10-18(17)25-2)15(11-20)12-5-7-16(21(22)23)14(9-12)19(26-3)27-4/h5-10,15,19H,1-4H3. The maximum Gasteiger partial charge on any atom is 0.277 e. The summed E-state index contributed by atoms with van der Waals surface area (Å²) in [5, 5.41) is 21.1. The molecule has 0 radical (unpaired) electrons. The molecule has 0 aliphatic rings. The summed E-state index contributed by atoms with van der Waals surface area (Å²) < 4.78 is 20.8. The molecule has 1 atom stereocenters. The number of rotatable bonds is 8. The highest BCUT2D eigenvalue weighted by Gasteiger charge is 2.25. The average molecular weight is 372 g/mol. The number of ether oxygens (including phenoxy) is 4. The number of nitrogens with zero attached hydrogens (tertiary/aromatic N) is 2. The van der Waals surface area contributed by atoms with Gasteiger partial charge in [0, 0.05) is 20.3 Å². The molecule has 8 nitrogen and oxygen atoms in total. The second kappa shape index (κ2) is 8.98. The molecule has 1 unspecified atom stereocenters. The third kappa shape index (κ3) is 4.16.